The third kappa shape index (κ3) is 3.16. The van der Waals surface area contributed by atoms with Crippen molar-refractivity contribution in [2.75, 3.05) is 7.11 Å². The van der Waals surface area contributed by atoms with E-state index in [4.69, 9.17) is 4.74 Å². The molecule has 1 aliphatic heterocycles. The maximum Gasteiger partial charge on any atom is 0.177 e. The second-order valence-corrected chi connectivity index (χ2v) is 6.44. The lowest BCUT2D eigenvalue weighted by Crippen LogP contribution is -2.40. The van der Waals surface area contributed by atoms with Gasteiger partial charge < -0.3 is 4.74 Å². The normalized spacial score (nSPS) is 13.5. The molecule has 0 radical (unpaired) electrons. The topological polar surface area (TPSA) is 66.7 Å². The number of amidine groups is 1. The minimum absolute atomic E-state index is 0.638. The van der Waals surface area contributed by atoms with E-state index in [0.717, 1.165) is 33.0 Å². The van der Waals surface area contributed by atoms with Crippen molar-refractivity contribution in [2.24, 2.45) is 5.10 Å². The molecule has 132 valence electrons. The highest BCUT2D eigenvalue weighted by molar-refractivity contribution is 9.10. The third-order valence-electron chi connectivity index (χ3n) is 4.05. The summed E-state index contributed by atoms with van der Waals surface area (Å²) >= 11 is 3.65. The Bertz CT molecular complexity index is 923. The Morgan fingerprint density at radius 1 is 1.08 bits per heavy atom. The Hall–Kier alpha value is -2.84. The van der Waals surface area contributed by atoms with E-state index < -0.39 is 0 Å². The molecule has 2 aromatic carbocycles. The average Bonchev–Trinajstić information content (AvgIpc) is 3.29. The van der Waals surface area contributed by atoms with Crippen LogP contribution in [0.4, 0.5) is 0 Å². The number of hydrazine groups is 2. The lowest BCUT2D eigenvalue weighted by Gasteiger charge is -2.18. The highest BCUT2D eigenvalue weighted by Crippen LogP contribution is 2.23. The molecule has 0 saturated carbocycles. The zero-order valence-corrected chi connectivity index (χ0v) is 15.6. The van der Waals surface area contributed by atoms with Gasteiger partial charge in [-0.3, -0.25) is 5.01 Å². The lowest BCUT2D eigenvalue weighted by molar-refractivity contribution is 0.288. The van der Waals surface area contributed by atoms with Crippen molar-refractivity contribution in [3.8, 4) is 11.4 Å². The Morgan fingerprint density at radius 2 is 1.85 bits per heavy atom. The highest BCUT2D eigenvalue weighted by atomic mass is 79.9. The number of para-hydroxylation sites is 1. The number of hydrogen-bond acceptors (Lipinski definition) is 6. The minimum Gasteiger partial charge on any atom is -0.497 e. The predicted octanol–water partition coefficient (Wildman–Crippen LogP) is 2.83. The Kier molecular flexibility index (Phi) is 4.59. The van der Waals surface area contributed by atoms with E-state index in [1.165, 1.54) is 0 Å². The van der Waals surface area contributed by atoms with Gasteiger partial charge in [0.2, 0.25) is 0 Å². The summed E-state index contributed by atoms with van der Waals surface area (Å²) in [4.78, 5) is 0. The van der Waals surface area contributed by atoms with Crippen LogP contribution in [0.15, 0.2) is 70.5 Å². The molecule has 0 atom stereocenters. The van der Waals surface area contributed by atoms with E-state index >= 15 is 0 Å². The largest absolute Gasteiger partial charge is 0.497 e. The summed E-state index contributed by atoms with van der Waals surface area (Å²) in [5.41, 5.74) is 8.86. The molecule has 0 amide bonds. The molecule has 0 fully saturated rings. The number of benzene rings is 2. The fourth-order valence-corrected chi connectivity index (χ4v) is 3.29. The van der Waals surface area contributed by atoms with Crippen LogP contribution in [-0.2, 0) is 6.54 Å². The summed E-state index contributed by atoms with van der Waals surface area (Å²) in [6.45, 7) is 0.638. The van der Waals surface area contributed by atoms with Gasteiger partial charge in [-0.2, -0.15) is 5.10 Å². The zero-order valence-electron chi connectivity index (χ0n) is 14.1. The summed E-state index contributed by atoms with van der Waals surface area (Å²) in [6, 6.07) is 17.9. The molecule has 8 heteroatoms. The molecule has 2 heterocycles. The standard InChI is InChI=1S/C18H17BrN6O/c1-26-15-9-7-13(8-10-15)12-24-18(21-22-23-24)16-11-20-25(17(16)19)14-5-3-2-4-6-14/h2-11,22-23H,12H2,1H3. The van der Waals surface area contributed by atoms with Gasteiger partial charge in [-0.25, -0.2) is 10.2 Å². The van der Waals surface area contributed by atoms with Gasteiger partial charge in [-0.05, 0) is 45.8 Å². The van der Waals surface area contributed by atoms with Crippen LogP contribution in [-0.4, -0.2) is 27.7 Å². The van der Waals surface area contributed by atoms with Crippen molar-refractivity contribution >= 4 is 21.8 Å². The van der Waals surface area contributed by atoms with E-state index in [1.54, 1.807) is 13.3 Å². The summed E-state index contributed by atoms with van der Waals surface area (Å²) in [5, 5.41) is 10.8. The molecule has 0 spiro atoms. The van der Waals surface area contributed by atoms with Crippen molar-refractivity contribution in [2.45, 2.75) is 6.54 Å². The quantitative estimate of drug-likeness (QED) is 0.674. The van der Waals surface area contributed by atoms with Gasteiger partial charge in [0.05, 0.1) is 31.1 Å². The molecule has 0 saturated heterocycles. The van der Waals surface area contributed by atoms with Crippen molar-refractivity contribution in [1.29, 1.82) is 0 Å². The van der Waals surface area contributed by atoms with Gasteiger partial charge in [0.25, 0.3) is 0 Å². The molecule has 0 unspecified atom stereocenters. The van der Waals surface area contributed by atoms with Gasteiger partial charge in [0.15, 0.2) is 5.84 Å². The maximum atomic E-state index is 5.21. The SMILES string of the molecule is COc1ccc(CN2NNN=C2c2cnn(-c3ccccc3)c2Br)cc1. The average molecular weight is 413 g/mol. The molecule has 7 nitrogen and oxygen atoms in total. The number of halogens is 1. The van der Waals surface area contributed by atoms with Gasteiger partial charge in [-0.1, -0.05) is 30.3 Å². The van der Waals surface area contributed by atoms with Crippen LogP contribution in [0.1, 0.15) is 11.1 Å². The molecule has 1 aromatic heterocycles. The first-order valence-electron chi connectivity index (χ1n) is 8.04. The van der Waals surface area contributed by atoms with Gasteiger partial charge in [0, 0.05) is 0 Å². The number of methoxy groups -OCH3 is 1. The molecule has 0 aliphatic carbocycles. The monoisotopic (exact) mass is 412 g/mol. The van der Waals surface area contributed by atoms with E-state index in [1.807, 2.05) is 64.3 Å². The van der Waals surface area contributed by atoms with Crippen LogP contribution in [0, 0.1) is 0 Å². The van der Waals surface area contributed by atoms with Crippen LogP contribution in [0.25, 0.3) is 5.69 Å². The summed E-state index contributed by atoms with van der Waals surface area (Å²) in [6.07, 6.45) is 1.80. The van der Waals surface area contributed by atoms with E-state index in [-0.39, 0.29) is 0 Å². The summed E-state index contributed by atoms with van der Waals surface area (Å²) in [7, 11) is 1.66. The highest BCUT2D eigenvalue weighted by Gasteiger charge is 2.24. The number of rotatable bonds is 5. The first kappa shape index (κ1) is 16.6. The Morgan fingerprint density at radius 3 is 2.58 bits per heavy atom. The van der Waals surface area contributed by atoms with Crippen molar-refractivity contribution in [3.05, 3.63) is 76.5 Å². The maximum absolute atomic E-state index is 5.21. The van der Waals surface area contributed by atoms with Crippen LogP contribution in [0.2, 0.25) is 0 Å². The van der Waals surface area contributed by atoms with E-state index in [0.29, 0.717) is 6.54 Å². The van der Waals surface area contributed by atoms with Gasteiger partial charge in [0.1, 0.15) is 10.4 Å². The molecule has 26 heavy (non-hydrogen) atoms. The molecular weight excluding hydrogens is 396 g/mol. The minimum atomic E-state index is 0.638. The Labute approximate surface area is 159 Å². The van der Waals surface area contributed by atoms with Crippen molar-refractivity contribution in [1.82, 2.24) is 25.9 Å². The van der Waals surface area contributed by atoms with Gasteiger partial charge >= 0.3 is 0 Å². The second-order valence-electron chi connectivity index (χ2n) is 5.69. The third-order valence-corrected chi connectivity index (χ3v) is 4.82. The molecule has 3 aromatic rings. The van der Waals surface area contributed by atoms with Crippen molar-refractivity contribution < 1.29 is 4.74 Å². The number of ether oxygens (including phenoxy) is 1. The Balaban J connectivity index is 1.58. The first-order chi connectivity index (χ1) is 12.8. The van der Waals surface area contributed by atoms with E-state index in [2.05, 4.69) is 37.2 Å². The molecule has 0 bridgehead atoms. The number of nitrogens with zero attached hydrogens (tertiary/aromatic N) is 4. The van der Waals surface area contributed by atoms with E-state index in [9.17, 15) is 0 Å². The van der Waals surface area contributed by atoms with Crippen molar-refractivity contribution in [3.63, 3.8) is 0 Å². The zero-order chi connectivity index (χ0) is 17.9. The number of hydrazone groups is 1. The second kappa shape index (κ2) is 7.19. The molecular formula is C18H17BrN6O. The number of hydrogen-bond donors (Lipinski definition) is 2. The van der Waals surface area contributed by atoms with Crippen LogP contribution in [0.3, 0.4) is 0 Å². The van der Waals surface area contributed by atoms with Gasteiger partial charge in [-0.15, -0.1) is 10.6 Å². The summed E-state index contributed by atoms with van der Waals surface area (Å²) in [5.74, 6) is 1.59. The smallest absolute Gasteiger partial charge is 0.177 e. The predicted molar refractivity (Wildman–Crippen MR) is 103 cm³/mol. The first-order valence-corrected chi connectivity index (χ1v) is 8.83. The summed E-state index contributed by atoms with van der Waals surface area (Å²) < 4.78 is 7.88. The lowest BCUT2D eigenvalue weighted by atomic mass is 10.2. The fourth-order valence-electron chi connectivity index (χ4n) is 2.72. The molecule has 4 rings (SSSR count). The molecule has 2 N–H and O–H groups in total. The number of aromatic nitrogens is 2. The van der Waals surface area contributed by atoms with Crippen LogP contribution in [0.5, 0.6) is 5.75 Å². The fraction of sp³-hybridized carbons (Fsp3) is 0.111. The molecule has 1 aliphatic rings. The van der Waals surface area contributed by atoms with Crippen LogP contribution >= 0.6 is 15.9 Å². The number of nitrogens with one attached hydrogen (secondary N) is 2. The van der Waals surface area contributed by atoms with Crippen LogP contribution < -0.4 is 15.8 Å².